The summed E-state index contributed by atoms with van der Waals surface area (Å²) in [5.74, 6) is 0. The zero-order valence-corrected chi connectivity index (χ0v) is 29.6. The second-order valence-electron chi connectivity index (χ2n) is 12.9. The van der Waals surface area contributed by atoms with E-state index in [1.54, 1.807) is 36.4 Å². The highest BCUT2D eigenvalue weighted by atomic mass is 15.1. The lowest BCUT2D eigenvalue weighted by molar-refractivity contribution is 1.18. The van der Waals surface area contributed by atoms with Gasteiger partial charge in [-0.05, 0) is 99.5 Å². The minimum atomic E-state index is -0.852. The van der Waals surface area contributed by atoms with Crippen molar-refractivity contribution >= 4 is 38.9 Å². The molecular weight excluding hydrogens is 677 g/mol. The van der Waals surface area contributed by atoms with Crippen molar-refractivity contribution in [3.63, 3.8) is 0 Å². The van der Waals surface area contributed by atoms with Gasteiger partial charge in [0.05, 0.1) is 38.7 Å². The Bertz CT molecular complexity index is 3810. The monoisotopic (exact) mass is 730 g/mol. The van der Waals surface area contributed by atoms with Gasteiger partial charge in [-0.15, -0.1) is 0 Å². The Hall–Kier alpha value is -7.42. The quantitative estimate of drug-likeness (QED) is 0.151. The first-order valence-corrected chi connectivity index (χ1v) is 17.9. The van der Waals surface area contributed by atoms with Crippen molar-refractivity contribution in [3.8, 4) is 50.2 Å². The first-order chi connectivity index (χ1) is 34.5. The molecule has 2 nitrogen and oxygen atoms in total. The van der Waals surface area contributed by atoms with Crippen molar-refractivity contribution < 1.29 is 21.9 Å². The lowest BCUT2D eigenvalue weighted by atomic mass is 9.98. The van der Waals surface area contributed by atoms with E-state index in [1.165, 1.54) is 11.0 Å². The van der Waals surface area contributed by atoms with Gasteiger partial charge in [-0.1, -0.05) is 170 Å². The van der Waals surface area contributed by atoms with E-state index >= 15 is 0 Å². The molecule has 0 fully saturated rings. The first kappa shape index (κ1) is 20.3. The Morgan fingerprint density at radius 2 is 0.982 bits per heavy atom. The summed E-state index contributed by atoms with van der Waals surface area (Å²) in [4.78, 5) is 1.27. The lowest BCUT2D eigenvalue weighted by Crippen LogP contribution is -2.11. The van der Waals surface area contributed by atoms with Crippen molar-refractivity contribution in [1.29, 1.82) is 0 Å². The molecule has 0 N–H and O–H groups in total. The third-order valence-corrected chi connectivity index (χ3v) is 9.57. The van der Waals surface area contributed by atoms with Crippen LogP contribution in [0.15, 0.2) is 230 Å². The Balaban J connectivity index is 1.23. The molecule has 10 aromatic rings. The maximum Gasteiger partial charge on any atom is 0.0651 e. The average molecular weight is 731 g/mol. The second kappa shape index (κ2) is 14.4. The number of rotatable bonds is 8. The molecule has 0 unspecified atom stereocenters. The SMILES string of the molecule is [2H]c1cc(-c2ccc3c(c2)c2ccccc2n3-c2ccccc2)c([2H])c(N(c2ccccc2-c2ccccc2)c2c([2H])c([2H])c(-c3c([2H])c([2H])c(-c4c([2H])c([2H])c([2H])c([2H])c4[2H])c([2H])c3[2H])c([2H])c2[2H])c1[2H]. The smallest absolute Gasteiger partial charge is 0.0651 e. The normalized spacial score (nSPS) is 15.2. The predicted molar refractivity (Wildman–Crippen MR) is 237 cm³/mol. The predicted octanol–water partition coefficient (Wildman–Crippen LogP) is 14.9. The fourth-order valence-electron chi connectivity index (χ4n) is 7.00. The zero-order chi connectivity index (χ0) is 51.2. The van der Waals surface area contributed by atoms with Crippen molar-refractivity contribution in [3.05, 3.63) is 230 Å². The fourth-order valence-corrected chi connectivity index (χ4v) is 7.00. The molecule has 0 bridgehead atoms. The van der Waals surface area contributed by atoms with Gasteiger partial charge in [-0.3, -0.25) is 0 Å². The Morgan fingerprint density at radius 3 is 1.73 bits per heavy atom. The highest BCUT2D eigenvalue weighted by molar-refractivity contribution is 6.10. The largest absolute Gasteiger partial charge is 0.310 e. The number of aromatic nitrogens is 1. The Kier molecular flexibility index (Phi) is 5.23. The highest BCUT2D eigenvalue weighted by Gasteiger charge is 2.19. The summed E-state index contributed by atoms with van der Waals surface area (Å²) >= 11 is 0. The van der Waals surface area contributed by atoms with Crippen LogP contribution >= 0.6 is 0 Å². The Labute approximate surface area is 350 Å². The minimum absolute atomic E-state index is 0.226. The van der Waals surface area contributed by atoms with Crippen LogP contribution in [-0.4, -0.2) is 4.57 Å². The standard InChI is InChI=1S/C54H38N2/c1-4-15-39(16-5-1)40-27-29-41(30-28-40)42-31-34-47(35-32-42)55(52-25-12-10-23-49(52)43-17-6-2-7-18-43)48-22-14-19-44(37-48)45-33-36-54-51(38-45)50-24-11-13-26-53(50)56(54)46-20-8-3-9-21-46/h1-38H/i1D,4D,5D,14D,15D,16D,22D,27D,28D,29D,30D,31D,32D,34D,35D,37D. The van der Waals surface area contributed by atoms with E-state index in [2.05, 4.69) is 4.57 Å². The molecule has 0 amide bonds. The van der Waals surface area contributed by atoms with Crippen molar-refractivity contribution in [2.45, 2.75) is 0 Å². The van der Waals surface area contributed by atoms with Crippen LogP contribution in [0.25, 0.3) is 72.0 Å². The van der Waals surface area contributed by atoms with Gasteiger partial charge in [0, 0.05) is 33.4 Å². The third kappa shape index (κ3) is 6.14. The van der Waals surface area contributed by atoms with Gasteiger partial charge in [-0.25, -0.2) is 0 Å². The molecule has 0 aliphatic heterocycles. The number of fused-ring (bicyclic) bond motifs is 3. The van der Waals surface area contributed by atoms with E-state index in [0.717, 1.165) is 27.5 Å². The minimum Gasteiger partial charge on any atom is -0.310 e. The third-order valence-electron chi connectivity index (χ3n) is 9.57. The van der Waals surface area contributed by atoms with Crippen molar-refractivity contribution in [1.82, 2.24) is 4.57 Å². The lowest BCUT2D eigenvalue weighted by Gasteiger charge is -2.28. The molecule has 1 aromatic heterocycles. The highest BCUT2D eigenvalue weighted by Crippen LogP contribution is 2.43. The van der Waals surface area contributed by atoms with Gasteiger partial charge < -0.3 is 9.47 Å². The van der Waals surface area contributed by atoms with E-state index < -0.39 is 113 Å². The maximum atomic E-state index is 10.0. The summed E-state index contributed by atoms with van der Waals surface area (Å²) in [7, 11) is 0. The second-order valence-corrected chi connectivity index (χ2v) is 12.9. The molecule has 10 rings (SSSR count). The fraction of sp³-hybridized carbons (Fsp3) is 0. The summed E-state index contributed by atoms with van der Waals surface area (Å²) in [5.41, 5.74) is 1.79. The Morgan fingerprint density at radius 1 is 0.375 bits per heavy atom. The summed E-state index contributed by atoms with van der Waals surface area (Å²) in [6, 6.07) is 29.5. The van der Waals surface area contributed by atoms with E-state index in [0.29, 0.717) is 16.7 Å². The topological polar surface area (TPSA) is 8.17 Å². The van der Waals surface area contributed by atoms with Gasteiger partial charge in [0.2, 0.25) is 0 Å². The summed E-state index contributed by atoms with van der Waals surface area (Å²) in [6.45, 7) is 0. The van der Waals surface area contributed by atoms with Crippen LogP contribution in [0.2, 0.25) is 0 Å². The molecule has 1 heterocycles. The molecule has 0 saturated carbocycles. The number of benzene rings is 9. The molecule has 0 aliphatic carbocycles. The number of hydrogen-bond donors (Lipinski definition) is 0. The average Bonchev–Trinajstić information content (AvgIpc) is 3.73. The van der Waals surface area contributed by atoms with Crippen LogP contribution < -0.4 is 4.90 Å². The number of hydrogen-bond acceptors (Lipinski definition) is 1. The summed E-state index contributed by atoms with van der Waals surface area (Å²) < 4.78 is 147. The van der Waals surface area contributed by atoms with E-state index in [4.69, 9.17) is 12.3 Å². The van der Waals surface area contributed by atoms with Crippen molar-refractivity contribution in [2.24, 2.45) is 0 Å². The van der Waals surface area contributed by atoms with Gasteiger partial charge in [-0.2, -0.15) is 0 Å². The molecule has 0 atom stereocenters. The van der Waals surface area contributed by atoms with Crippen LogP contribution in [0.3, 0.4) is 0 Å². The molecule has 264 valence electrons. The number of nitrogens with zero attached hydrogens (tertiary/aromatic N) is 2. The molecule has 2 heteroatoms. The molecule has 0 saturated heterocycles. The van der Waals surface area contributed by atoms with Crippen LogP contribution in [0.1, 0.15) is 21.9 Å². The summed E-state index contributed by atoms with van der Waals surface area (Å²) in [6.07, 6.45) is 0. The van der Waals surface area contributed by atoms with Gasteiger partial charge in [0.1, 0.15) is 0 Å². The van der Waals surface area contributed by atoms with Gasteiger partial charge in [0.25, 0.3) is 0 Å². The zero-order valence-electron chi connectivity index (χ0n) is 45.6. The molecular formula is C54H38N2. The van der Waals surface area contributed by atoms with Crippen LogP contribution in [0.4, 0.5) is 17.1 Å². The molecule has 0 spiro atoms. The molecule has 0 radical (unpaired) electrons. The van der Waals surface area contributed by atoms with Crippen LogP contribution in [0.5, 0.6) is 0 Å². The maximum absolute atomic E-state index is 10.0. The van der Waals surface area contributed by atoms with E-state index in [1.807, 2.05) is 91.0 Å². The number of anilines is 3. The van der Waals surface area contributed by atoms with E-state index in [9.17, 15) is 9.60 Å². The van der Waals surface area contributed by atoms with E-state index in [-0.39, 0.29) is 29.0 Å². The molecule has 9 aromatic carbocycles. The van der Waals surface area contributed by atoms with Crippen LogP contribution in [0, 0.1) is 0 Å². The first-order valence-electron chi connectivity index (χ1n) is 25.9. The number of para-hydroxylation sites is 3. The van der Waals surface area contributed by atoms with Crippen molar-refractivity contribution in [2.75, 3.05) is 4.90 Å². The summed E-state index contributed by atoms with van der Waals surface area (Å²) in [5, 5.41) is 1.78. The van der Waals surface area contributed by atoms with Gasteiger partial charge in [0.15, 0.2) is 0 Å². The molecule has 56 heavy (non-hydrogen) atoms. The molecule has 0 aliphatic rings. The van der Waals surface area contributed by atoms with Gasteiger partial charge >= 0.3 is 0 Å². The van der Waals surface area contributed by atoms with Crippen LogP contribution in [-0.2, 0) is 0 Å².